The molecule has 0 atom stereocenters. The maximum Gasteiger partial charge on any atom is 0.319 e. The Morgan fingerprint density at radius 2 is 1.93 bits per heavy atom. The van der Waals surface area contributed by atoms with Crippen LogP contribution in [0.2, 0.25) is 0 Å². The fraction of sp³-hybridized carbons (Fsp3) is 0.333. The van der Waals surface area contributed by atoms with E-state index in [1.54, 1.807) is 0 Å². The Hall–Kier alpha value is -3.26. The average molecular weight is 389 g/mol. The van der Waals surface area contributed by atoms with Crippen molar-refractivity contribution in [3.63, 3.8) is 0 Å². The van der Waals surface area contributed by atoms with Crippen molar-refractivity contribution in [3.05, 3.63) is 71.3 Å². The van der Waals surface area contributed by atoms with Gasteiger partial charge in [0, 0.05) is 17.8 Å². The zero-order valence-corrected chi connectivity index (χ0v) is 16.6. The van der Waals surface area contributed by atoms with Gasteiger partial charge in [-0.15, -0.1) is 0 Å². The molecule has 0 aromatic heterocycles. The van der Waals surface area contributed by atoms with Gasteiger partial charge < -0.3 is 15.4 Å². The van der Waals surface area contributed by atoms with Crippen LogP contribution in [-0.2, 0) is 13.0 Å². The normalized spacial score (nSPS) is 13.1. The molecule has 29 heavy (non-hydrogen) atoms. The number of carbonyl (C=O) groups excluding carboxylic acids is 1. The van der Waals surface area contributed by atoms with E-state index in [2.05, 4.69) is 22.8 Å². The zero-order chi connectivity index (χ0) is 20.3. The summed E-state index contributed by atoms with van der Waals surface area (Å²) in [6.45, 7) is 0.992. The third kappa shape index (κ3) is 6.69. The first kappa shape index (κ1) is 20.5. The molecule has 2 N–H and O–H groups in total. The number of amides is 2. The largest absolute Gasteiger partial charge is 0.489 e. The minimum absolute atomic E-state index is 0.199. The lowest BCUT2D eigenvalue weighted by Gasteiger charge is -2.15. The number of carbonyl (C=O) groups is 1. The molecule has 0 aliphatic heterocycles. The fourth-order valence-corrected chi connectivity index (χ4v) is 3.36. The maximum absolute atomic E-state index is 12.3. The summed E-state index contributed by atoms with van der Waals surface area (Å²) in [5, 5.41) is 14.6. The number of hydrogen-bond donors (Lipinski definition) is 2. The highest BCUT2D eigenvalue weighted by Gasteiger charge is 2.08. The molecule has 150 valence electrons. The molecule has 0 unspecified atom stereocenters. The number of hydrogen-bond acceptors (Lipinski definition) is 3. The summed E-state index contributed by atoms with van der Waals surface area (Å²) in [6, 6.07) is 17.0. The molecule has 0 heterocycles. The molecule has 0 fully saturated rings. The third-order valence-electron chi connectivity index (χ3n) is 4.98. The van der Waals surface area contributed by atoms with Gasteiger partial charge in [-0.2, -0.15) is 5.26 Å². The van der Waals surface area contributed by atoms with Gasteiger partial charge >= 0.3 is 6.03 Å². The second-order valence-electron chi connectivity index (χ2n) is 7.16. The summed E-state index contributed by atoms with van der Waals surface area (Å²) in [5.41, 5.74) is 4.05. The molecule has 0 saturated carbocycles. The van der Waals surface area contributed by atoms with Crippen LogP contribution in [0.1, 0.15) is 43.2 Å². The van der Waals surface area contributed by atoms with Crippen molar-refractivity contribution in [1.29, 1.82) is 5.26 Å². The van der Waals surface area contributed by atoms with Crippen LogP contribution in [0.3, 0.4) is 0 Å². The molecule has 3 rings (SSSR count). The van der Waals surface area contributed by atoms with Gasteiger partial charge in [0.15, 0.2) is 0 Å². The standard InChI is InChI=1S/C24H27N3O2/c25-16-14-20-10-12-22(13-11-20)29-18-21-8-4-5-9-23(21)27-24(28)26-17-15-19-6-2-1-3-7-19/h4-6,8-13H,1-3,7,14-15,17-18H2,(H2,26,27,28). The van der Waals surface area contributed by atoms with E-state index in [-0.39, 0.29) is 6.03 Å². The lowest BCUT2D eigenvalue weighted by atomic mass is 9.97. The summed E-state index contributed by atoms with van der Waals surface area (Å²) in [6.07, 6.45) is 8.46. The van der Waals surface area contributed by atoms with Crippen molar-refractivity contribution in [2.45, 2.75) is 45.1 Å². The summed E-state index contributed by atoms with van der Waals surface area (Å²) in [5.74, 6) is 0.728. The van der Waals surface area contributed by atoms with E-state index in [1.165, 1.54) is 18.4 Å². The van der Waals surface area contributed by atoms with E-state index in [0.29, 0.717) is 19.6 Å². The summed E-state index contributed by atoms with van der Waals surface area (Å²) in [4.78, 5) is 12.3. The first-order valence-electron chi connectivity index (χ1n) is 10.1. The first-order chi connectivity index (χ1) is 14.2. The van der Waals surface area contributed by atoms with E-state index in [9.17, 15) is 4.79 Å². The Balaban J connectivity index is 1.49. The van der Waals surface area contributed by atoms with Gasteiger partial charge in [0.05, 0.1) is 12.5 Å². The lowest BCUT2D eigenvalue weighted by Crippen LogP contribution is -2.30. The second kappa shape index (κ2) is 10.9. The number of anilines is 1. The molecule has 0 radical (unpaired) electrons. The molecule has 1 aliphatic carbocycles. The molecular formula is C24H27N3O2. The number of ether oxygens (including phenoxy) is 1. The number of benzene rings is 2. The average Bonchev–Trinajstić information content (AvgIpc) is 2.75. The number of nitrogens with one attached hydrogen (secondary N) is 2. The van der Waals surface area contributed by atoms with E-state index >= 15 is 0 Å². The predicted octanol–water partition coefficient (Wildman–Crippen LogP) is 5.34. The van der Waals surface area contributed by atoms with Gasteiger partial charge in [0.1, 0.15) is 12.4 Å². The van der Waals surface area contributed by atoms with Gasteiger partial charge in [0.2, 0.25) is 0 Å². The molecule has 2 aromatic carbocycles. The van der Waals surface area contributed by atoms with E-state index in [4.69, 9.17) is 10.00 Å². The van der Waals surface area contributed by atoms with Crippen LogP contribution in [0, 0.1) is 11.3 Å². The number of urea groups is 1. The maximum atomic E-state index is 12.3. The van der Waals surface area contributed by atoms with Gasteiger partial charge in [-0.25, -0.2) is 4.79 Å². The number of para-hydroxylation sites is 1. The van der Waals surface area contributed by atoms with Gasteiger partial charge in [-0.05, 0) is 55.9 Å². The predicted molar refractivity (Wildman–Crippen MR) is 115 cm³/mol. The highest BCUT2D eigenvalue weighted by atomic mass is 16.5. The Morgan fingerprint density at radius 3 is 2.69 bits per heavy atom. The molecule has 0 spiro atoms. The molecule has 5 heteroatoms. The van der Waals surface area contributed by atoms with Gasteiger partial charge in [-0.3, -0.25) is 0 Å². The van der Waals surface area contributed by atoms with Crippen molar-refractivity contribution in [3.8, 4) is 11.8 Å². The van der Waals surface area contributed by atoms with E-state index < -0.39 is 0 Å². The SMILES string of the molecule is N#CCc1ccc(OCc2ccccc2NC(=O)NCCC2=CCCCC2)cc1. The summed E-state index contributed by atoms with van der Waals surface area (Å²) in [7, 11) is 0. The zero-order valence-electron chi connectivity index (χ0n) is 16.6. The number of rotatable bonds is 8. The second-order valence-corrected chi connectivity index (χ2v) is 7.16. The molecule has 2 amide bonds. The van der Waals surface area contributed by atoms with Gasteiger partial charge in [-0.1, -0.05) is 42.0 Å². The van der Waals surface area contributed by atoms with Crippen molar-refractivity contribution in [1.82, 2.24) is 5.32 Å². The quantitative estimate of drug-likeness (QED) is 0.598. The van der Waals surface area contributed by atoms with Crippen LogP contribution in [0.5, 0.6) is 5.75 Å². The minimum Gasteiger partial charge on any atom is -0.489 e. The minimum atomic E-state index is -0.199. The van der Waals surface area contributed by atoms with Crippen LogP contribution in [0.15, 0.2) is 60.2 Å². The van der Waals surface area contributed by atoms with Crippen LogP contribution in [0.4, 0.5) is 10.5 Å². The van der Waals surface area contributed by atoms with Crippen LogP contribution in [-0.4, -0.2) is 12.6 Å². The molecule has 0 bridgehead atoms. The monoisotopic (exact) mass is 389 g/mol. The Bertz CT molecular complexity index is 882. The summed E-state index contributed by atoms with van der Waals surface area (Å²) < 4.78 is 5.85. The third-order valence-corrected chi connectivity index (χ3v) is 4.98. The van der Waals surface area contributed by atoms with Crippen LogP contribution < -0.4 is 15.4 Å². The molecule has 0 saturated heterocycles. The molecule has 2 aromatic rings. The van der Waals surface area contributed by atoms with Crippen molar-refractivity contribution >= 4 is 11.7 Å². The number of allylic oxidation sites excluding steroid dienone is 1. The first-order valence-corrected chi connectivity index (χ1v) is 10.1. The van der Waals surface area contributed by atoms with Gasteiger partial charge in [0.25, 0.3) is 0 Å². The Morgan fingerprint density at radius 1 is 1.10 bits per heavy atom. The van der Waals surface area contributed by atoms with Crippen LogP contribution in [0.25, 0.3) is 0 Å². The van der Waals surface area contributed by atoms with E-state index in [1.807, 2.05) is 48.5 Å². The fourth-order valence-electron chi connectivity index (χ4n) is 3.36. The Kier molecular flexibility index (Phi) is 7.71. The summed E-state index contributed by atoms with van der Waals surface area (Å²) >= 11 is 0. The highest BCUT2D eigenvalue weighted by molar-refractivity contribution is 5.90. The van der Waals surface area contributed by atoms with Crippen molar-refractivity contribution in [2.24, 2.45) is 0 Å². The smallest absolute Gasteiger partial charge is 0.319 e. The number of nitrogens with zero attached hydrogens (tertiary/aromatic N) is 1. The van der Waals surface area contributed by atoms with Crippen LogP contribution >= 0.6 is 0 Å². The molecule has 5 nitrogen and oxygen atoms in total. The lowest BCUT2D eigenvalue weighted by molar-refractivity contribution is 0.252. The Labute approximate surface area is 172 Å². The molecular weight excluding hydrogens is 362 g/mol. The topological polar surface area (TPSA) is 74.1 Å². The highest BCUT2D eigenvalue weighted by Crippen LogP contribution is 2.20. The van der Waals surface area contributed by atoms with Crippen molar-refractivity contribution < 1.29 is 9.53 Å². The van der Waals surface area contributed by atoms with Crippen molar-refractivity contribution in [2.75, 3.05) is 11.9 Å². The molecule has 1 aliphatic rings. The van der Waals surface area contributed by atoms with E-state index in [0.717, 1.165) is 41.8 Å². The number of nitriles is 1.